The van der Waals surface area contributed by atoms with Crippen LogP contribution in [0.25, 0.3) is 47.7 Å². The van der Waals surface area contributed by atoms with Crippen molar-refractivity contribution in [2.45, 2.75) is 6.54 Å². The Morgan fingerprint density at radius 2 is 1.37 bits per heavy atom. The number of rotatable bonds is 4. The van der Waals surface area contributed by atoms with Gasteiger partial charge < -0.3 is 4.57 Å². The molecule has 0 fully saturated rings. The Hall–Kier alpha value is -4.21. The highest BCUT2D eigenvalue weighted by Gasteiger charge is 2.16. The van der Waals surface area contributed by atoms with Gasteiger partial charge in [-0.15, -0.1) is 11.3 Å². The third-order valence-electron chi connectivity index (χ3n) is 6.69. The summed E-state index contributed by atoms with van der Waals surface area (Å²) < 4.78 is 5.09. The van der Waals surface area contributed by atoms with Gasteiger partial charge in [-0.2, -0.15) is 0 Å². The summed E-state index contributed by atoms with van der Waals surface area (Å²) in [5.74, 6) is 0. The Bertz CT molecular complexity index is 1860. The molecule has 0 spiro atoms. The molecule has 0 aliphatic heterocycles. The molecule has 7 aromatic rings. The number of benzene rings is 5. The van der Waals surface area contributed by atoms with Gasteiger partial charge in [0.05, 0.1) is 17.6 Å². The van der Waals surface area contributed by atoms with Crippen molar-refractivity contribution >= 4 is 59.5 Å². The summed E-state index contributed by atoms with van der Waals surface area (Å²) in [6.45, 7) is 0.695. The van der Waals surface area contributed by atoms with E-state index in [0.29, 0.717) is 6.54 Å². The average Bonchev–Trinajstić information content (AvgIpc) is 3.45. The highest BCUT2D eigenvalue weighted by atomic mass is 32.1. The van der Waals surface area contributed by atoms with Gasteiger partial charge >= 0.3 is 0 Å². The van der Waals surface area contributed by atoms with Gasteiger partial charge in [0.25, 0.3) is 0 Å². The molecule has 0 unspecified atom stereocenters. The minimum absolute atomic E-state index is 0.695. The molecule has 3 heteroatoms. The molecular weight excluding hydrogens is 444 g/mol. The maximum Gasteiger partial charge on any atom is 0.0639 e. The first-order valence-electron chi connectivity index (χ1n) is 11.8. The van der Waals surface area contributed by atoms with Gasteiger partial charge in [0.2, 0.25) is 0 Å². The average molecular weight is 467 g/mol. The second-order valence-corrected chi connectivity index (χ2v) is 9.89. The Balaban J connectivity index is 1.35. The van der Waals surface area contributed by atoms with Crippen LogP contribution in [0.5, 0.6) is 0 Å². The summed E-state index contributed by atoms with van der Waals surface area (Å²) in [6.07, 6.45) is 1.96. The van der Waals surface area contributed by atoms with E-state index in [1.165, 1.54) is 47.5 Å². The third kappa shape index (κ3) is 3.36. The van der Waals surface area contributed by atoms with E-state index < -0.39 is 0 Å². The van der Waals surface area contributed by atoms with Crippen molar-refractivity contribution in [2.24, 2.45) is 4.99 Å². The molecule has 0 atom stereocenters. The van der Waals surface area contributed by atoms with E-state index >= 15 is 0 Å². The lowest BCUT2D eigenvalue weighted by Gasteiger charge is -2.08. The Morgan fingerprint density at radius 1 is 0.629 bits per heavy atom. The zero-order chi connectivity index (χ0) is 23.2. The number of fused-ring (bicyclic) bond motifs is 7. The lowest BCUT2D eigenvalue weighted by atomic mass is 10.1. The molecule has 0 bridgehead atoms. The van der Waals surface area contributed by atoms with Crippen molar-refractivity contribution in [3.05, 3.63) is 126 Å². The predicted molar refractivity (Wildman–Crippen MR) is 151 cm³/mol. The lowest BCUT2D eigenvalue weighted by molar-refractivity contribution is 1.08. The number of aromatic nitrogens is 1. The molecule has 5 aromatic carbocycles. The summed E-state index contributed by atoms with van der Waals surface area (Å²) in [7, 11) is 0. The van der Waals surface area contributed by atoms with Crippen LogP contribution in [0.1, 0.15) is 11.1 Å². The second-order valence-electron chi connectivity index (χ2n) is 8.83. The fourth-order valence-electron chi connectivity index (χ4n) is 5.06. The maximum atomic E-state index is 4.63. The largest absolute Gasteiger partial charge is 0.309 e. The summed E-state index contributed by atoms with van der Waals surface area (Å²) in [6, 6.07) is 41.1. The van der Waals surface area contributed by atoms with Crippen LogP contribution in [0.3, 0.4) is 0 Å². The molecule has 35 heavy (non-hydrogen) atoms. The summed E-state index contributed by atoms with van der Waals surface area (Å²) in [4.78, 5) is 4.63. The van der Waals surface area contributed by atoms with E-state index in [1.54, 1.807) is 0 Å². The second kappa shape index (κ2) is 8.23. The van der Waals surface area contributed by atoms with Crippen molar-refractivity contribution in [1.29, 1.82) is 0 Å². The molecule has 2 nitrogen and oxygen atoms in total. The predicted octanol–water partition coefficient (Wildman–Crippen LogP) is 8.77. The van der Waals surface area contributed by atoms with Gasteiger partial charge in [-0.1, -0.05) is 84.9 Å². The van der Waals surface area contributed by atoms with Crippen LogP contribution in [0.4, 0.5) is 0 Å². The fourth-order valence-corrected chi connectivity index (χ4v) is 6.32. The lowest BCUT2D eigenvalue weighted by Crippen LogP contribution is -1.94. The van der Waals surface area contributed by atoms with Gasteiger partial charge in [0.15, 0.2) is 0 Å². The van der Waals surface area contributed by atoms with Crippen molar-refractivity contribution in [3.63, 3.8) is 0 Å². The SMILES string of the molecule is C(=NCc1ccccc1)c1ccc(-n2c3ccccc3c3c4sc5ccccc5c4ccc32)cc1. The van der Waals surface area contributed by atoms with E-state index in [1.807, 2.05) is 23.6 Å². The summed E-state index contributed by atoms with van der Waals surface area (Å²) in [5.41, 5.74) is 5.97. The Morgan fingerprint density at radius 3 is 2.23 bits per heavy atom. The standard InChI is InChI=1S/C32H22N2S/c1-2-8-22(9-3-1)20-33-21-23-14-16-24(17-15-23)34-28-12-6-4-11-27(28)31-29(34)19-18-26-25-10-5-7-13-30(25)35-32(26)31/h1-19,21H,20H2. The summed E-state index contributed by atoms with van der Waals surface area (Å²) in [5, 5.41) is 5.32. The minimum Gasteiger partial charge on any atom is -0.309 e. The number of hydrogen-bond donors (Lipinski definition) is 0. The molecule has 0 aliphatic carbocycles. The van der Waals surface area contributed by atoms with Crippen molar-refractivity contribution in [1.82, 2.24) is 4.57 Å². The highest BCUT2D eigenvalue weighted by molar-refractivity contribution is 7.26. The molecule has 0 saturated heterocycles. The van der Waals surface area contributed by atoms with Crippen molar-refractivity contribution in [2.75, 3.05) is 0 Å². The van der Waals surface area contributed by atoms with Crippen LogP contribution in [-0.4, -0.2) is 10.8 Å². The number of para-hydroxylation sites is 1. The molecule has 0 radical (unpaired) electrons. The van der Waals surface area contributed by atoms with E-state index in [2.05, 4.69) is 119 Å². The number of aliphatic imine (C=N–C) groups is 1. The fraction of sp³-hybridized carbons (Fsp3) is 0.0312. The van der Waals surface area contributed by atoms with Gasteiger partial charge in [-0.3, -0.25) is 4.99 Å². The quantitative estimate of drug-likeness (QED) is 0.231. The van der Waals surface area contributed by atoms with Crippen LogP contribution in [0.2, 0.25) is 0 Å². The third-order valence-corrected chi connectivity index (χ3v) is 7.89. The Labute approximate surface area is 207 Å². The minimum atomic E-state index is 0.695. The van der Waals surface area contributed by atoms with E-state index in [0.717, 1.165) is 11.3 Å². The Kier molecular flexibility index (Phi) is 4.74. The van der Waals surface area contributed by atoms with Crippen molar-refractivity contribution < 1.29 is 0 Å². The van der Waals surface area contributed by atoms with Crippen LogP contribution in [0, 0.1) is 0 Å². The zero-order valence-corrected chi connectivity index (χ0v) is 19.9. The molecule has 7 rings (SSSR count). The molecular formula is C32H22N2S. The topological polar surface area (TPSA) is 17.3 Å². The highest BCUT2D eigenvalue weighted by Crippen LogP contribution is 2.43. The van der Waals surface area contributed by atoms with Gasteiger partial charge in [-0.25, -0.2) is 0 Å². The van der Waals surface area contributed by atoms with Crippen LogP contribution in [0.15, 0.2) is 120 Å². The van der Waals surface area contributed by atoms with Gasteiger partial charge in [-0.05, 0) is 41.5 Å². The number of hydrogen-bond acceptors (Lipinski definition) is 2. The normalized spacial score (nSPS) is 12.0. The number of nitrogens with zero attached hydrogens (tertiary/aromatic N) is 2. The molecule has 0 saturated carbocycles. The maximum absolute atomic E-state index is 4.63. The molecule has 0 amide bonds. The molecule has 0 aliphatic rings. The van der Waals surface area contributed by atoms with E-state index in [4.69, 9.17) is 0 Å². The molecule has 2 heterocycles. The molecule has 0 N–H and O–H groups in total. The molecule has 2 aromatic heterocycles. The van der Waals surface area contributed by atoms with Gasteiger partial charge in [0.1, 0.15) is 0 Å². The van der Waals surface area contributed by atoms with Crippen LogP contribution in [-0.2, 0) is 6.54 Å². The monoisotopic (exact) mass is 466 g/mol. The van der Waals surface area contributed by atoms with E-state index in [-0.39, 0.29) is 0 Å². The first kappa shape index (κ1) is 20.2. The molecule has 166 valence electrons. The first-order valence-corrected chi connectivity index (χ1v) is 12.7. The van der Waals surface area contributed by atoms with E-state index in [9.17, 15) is 0 Å². The van der Waals surface area contributed by atoms with Gasteiger partial charge in [0, 0.05) is 42.8 Å². The summed E-state index contributed by atoms with van der Waals surface area (Å²) >= 11 is 1.89. The van der Waals surface area contributed by atoms with Crippen LogP contribution < -0.4 is 0 Å². The zero-order valence-electron chi connectivity index (χ0n) is 19.1. The van der Waals surface area contributed by atoms with Crippen LogP contribution >= 0.6 is 11.3 Å². The first-order chi connectivity index (χ1) is 17.4. The van der Waals surface area contributed by atoms with Crippen molar-refractivity contribution in [3.8, 4) is 5.69 Å². The number of thiophene rings is 1. The smallest absolute Gasteiger partial charge is 0.0639 e.